The van der Waals surface area contributed by atoms with Crippen molar-refractivity contribution in [3.05, 3.63) is 67.8 Å². The van der Waals surface area contributed by atoms with Crippen molar-refractivity contribution in [2.75, 3.05) is 0 Å². The van der Waals surface area contributed by atoms with Gasteiger partial charge in [0.05, 0.1) is 15.9 Å². The Bertz CT molecular complexity index is 771. The number of aryl methyl sites for hydroxylation is 1. The molecule has 7 nitrogen and oxygen atoms in total. The summed E-state index contributed by atoms with van der Waals surface area (Å²) in [6, 6.07) is 8.98. The molecule has 7 heteroatoms. The highest BCUT2D eigenvalue weighted by Crippen LogP contribution is 2.37. The fraction of sp³-hybridized carbons (Fsp3) is 0.250. The number of ether oxygens (including phenoxy) is 1. The van der Waals surface area contributed by atoms with Crippen LogP contribution in [0.25, 0.3) is 0 Å². The summed E-state index contributed by atoms with van der Waals surface area (Å²) in [6.07, 6.45) is 0. The average molecular weight is 316 g/mol. The van der Waals surface area contributed by atoms with Crippen molar-refractivity contribution in [3.63, 3.8) is 0 Å². The maximum atomic E-state index is 11.2. The number of benzene rings is 2. The molecule has 0 atom stereocenters. The molecule has 120 valence electrons. The topological polar surface area (TPSA) is 95.5 Å². The lowest BCUT2D eigenvalue weighted by atomic mass is 10.0. The Morgan fingerprint density at radius 2 is 1.65 bits per heavy atom. The molecule has 0 saturated heterocycles. The molecule has 0 aliphatic rings. The highest BCUT2D eigenvalue weighted by molar-refractivity contribution is 5.55. The molecule has 0 amide bonds. The van der Waals surface area contributed by atoms with Crippen LogP contribution < -0.4 is 4.74 Å². The van der Waals surface area contributed by atoms with Crippen LogP contribution in [0.1, 0.15) is 30.9 Å². The second-order valence-corrected chi connectivity index (χ2v) is 5.46. The van der Waals surface area contributed by atoms with E-state index in [-0.39, 0.29) is 17.4 Å². The Morgan fingerprint density at radius 1 is 0.957 bits per heavy atom. The van der Waals surface area contributed by atoms with Crippen LogP contribution in [0.4, 0.5) is 11.4 Å². The van der Waals surface area contributed by atoms with Crippen LogP contribution in [-0.4, -0.2) is 9.85 Å². The van der Waals surface area contributed by atoms with E-state index in [4.69, 9.17) is 4.74 Å². The fourth-order valence-corrected chi connectivity index (χ4v) is 2.17. The smallest absolute Gasteiger partial charge is 0.318 e. The molecule has 0 aliphatic carbocycles. The number of rotatable bonds is 5. The van der Waals surface area contributed by atoms with Gasteiger partial charge in [0.25, 0.3) is 5.69 Å². The average Bonchev–Trinajstić information content (AvgIpc) is 2.46. The lowest BCUT2D eigenvalue weighted by molar-refractivity contribution is -0.394. The van der Waals surface area contributed by atoms with Gasteiger partial charge in [0.1, 0.15) is 5.75 Å². The van der Waals surface area contributed by atoms with E-state index in [1.807, 2.05) is 32.9 Å². The van der Waals surface area contributed by atoms with Crippen LogP contribution in [0.15, 0.2) is 36.4 Å². The molecule has 0 saturated carbocycles. The summed E-state index contributed by atoms with van der Waals surface area (Å²) in [5.41, 5.74) is 1.07. The van der Waals surface area contributed by atoms with Gasteiger partial charge >= 0.3 is 5.69 Å². The molecule has 2 rings (SSSR count). The predicted molar refractivity (Wildman–Crippen MR) is 85.1 cm³/mol. The summed E-state index contributed by atoms with van der Waals surface area (Å²) in [4.78, 5) is 20.6. The summed E-state index contributed by atoms with van der Waals surface area (Å²) in [5.74, 6) is 0.660. The van der Waals surface area contributed by atoms with Crippen molar-refractivity contribution in [2.24, 2.45) is 0 Å². The molecular formula is C16H16N2O5. The van der Waals surface area contributed by atoms with Crippen molar-refractivity contribution in [3.8, 4) is 11.5 Å². The van der Waals surface area contributed by atoms with Gasteiger partial charge in [0.15, 0.2) is 0 Å². The van der Waals surface area contributed by atoms with Gasteiger partial charge in [-0.3, -0.25) is 20.2 Å². The van der Waals surface area contributed by atoms with Crippen LogP contribution in [0, 0.1) is 27.2 Å². The van der Waals surface area contributed by atoms with E-state index < -0.39 is 15.5 Å². The first-order valence-electron chi connectivity index (χ1n) is 7.01. The van der Waals surface area contributed by atoms with E-state index in [1.165, 1.54) is 12.1 Å². The van der Waals surface area contributed by atoms with Crippen molar-refractivity contribution in [1.82, 2.24) is 0 Å². The van der Waals surface area contributed by atoms with Crippen LogP contribution >= 0.6 is 0 Å². The van der Waals surface area contributed by atoms with Crippen LogP contribution in [-0.2, 0) is 0 Å². The highest BCUT2D eigenvalue weighted by Gasteiger charge is 2.22. The number of hydrogen-bond acceptors (Lipinski definition) is 5. The van der Waals surface area contributed by atoms with E-state index in [1.54, 1.807) is 6.07 Å². The minimum Gasteiger partial charge on any atom is -0.450 e. The molecule has 0 heterocycles. The zero-order valence-corrected chi connectivity index (χ0v) is 13.0. The standard InChI is InChI=1S/C16H16N2O5/c1-10(2)13-6-4-11(3)8-16(13)23-15-7-5-12(17(19)20)9-14(15)18(21)22/h4-10H,1-3H3. The van der Waals surface area contributed by atoms with Crippen LogP contribution in [0.2, 0.25) is 0 Å². The molecular weight excluding hydrogens is 300 g/mol. The van der Waals surface area contributed by atoms with Crippen molar-refractivity contribution >= 4 is 11.4 Å². The van der Waals surface area contributed by atoms with E-state index in [0.717, 1.165) is 17.2 Å². The minimum atomic E-state index is -0.687. The van der Waals surface area contributed by atoms with Gasteiger partial charge in [-0.1, -0.05) is 26.0 Å². The fourth-order valence-electron chi connectivity index (χ4n) is 2.17. The monoisotopic (exact) mass is 316 g/mol. The summed E-state index contributed by atoms with van der Waals surface area (Å²) < 4.78 is 5.71. The van der Waals surface area contributed by atoms with E-state index >= 15 is 0 Å². The first-order chi connectivity index (χ1) is 10.8. The Hall–Kier alpha value is -2.96. The molecule has 2 aromatic rings. The molecule has 0 aromatic heterocycles. The third-order valence-corrected chi connectivity index (χ3v) is 3.36. The van der Waals surface area contributed by atoms with Crippen LogP contribution in [0.3, 0.4) is 0 Å². The third kappa shape index (κ3) is 3.63. The van der Waals surface area contributed by atoms with Gasteiger partial charge in [-0.15, -0.1) is 0 Å². The van der Waals surface area contributed by atoms with Gasteiger partial charge < -0.3 is 4.74 Å². The number of non-ortho nitro benzene ring substituents is 1. The normalized spacial score (nSPS) is 10.6. The number of hydrogen-bond donors (Lipinski definition) is 0. The predicted octanol–water partition coefficient (Wildman–Crippen LogP) is 4.73. The second-order valence-electron chi connectivity index (χ2n) is 5.46. The summed E-state index contributed by atoms with van der Waals surface area (Å²) in [5, 5.41) is 22.0. The Kier molecular flexibility index (Phi) is 4.59. The van der Waals surface area contributed by atoms with Gasteiger partial charge in [-0.05, 0) is 36.1 Å². The molecule has 0 unspecified atom stereocenters. The van der Waals surface area contributed by atoms with Gasteiger partial charge in [-0.2, -0.15) is 0 Å². The number of nitro benzene ring substituents is 2. The lowest BCUT2D eigenvalue weighted by Gasteiger charge is -2.14. The highest BCUT2D eigenvalue weighted by atomic mass is 16.6. The maximum absolute atomic E-state index is 11.2. The summed E-state index contributed by atoms with van der Waals surface area (Å²) in [6.45, 7) is 5.87. The van der Waals surface area contributed by atoms with E-state index in [9.17, 15) is 20.2 Å². The minimum absolute atomic E-state index is 0.0203. The van der Waals surface area contributed by atoms with Gasteiger partial charge in [0.2, 0.25) is 5.75 Å². The number of nitrogens with zero attached hydrogens (tertiary/aromatic N) is 2. The summed E-state index contributed by atoms with van der Waals surface area (Å²) in [7, 11) is 0. The molecule has 0 fully saturated rings. The first kappa shape index (κ1) is 16.4. The summed E-state index contributed by atoms with van der Waals surface area (Å²) >= 11 is 0. The zero-order valence-electron chi connectivity index (χ0n) is 13.0. The maximum Gasteiger partial charge on any atom is 0.318 e. The Morgan fingerprint density at radius 3 is 2.22 bits per heavy atom. The lowest BCUT2D eigenvalue weighted by Crippen LogP contribution is -1.99. The second kappa shape index (κ2) is 6.43. The SMILES string of the molecule is Cc1ccc(C(C)C)c(Oc2ccc([N+](=O)[O-])cc2[N+](=O)[O-])c1. The van der Waals surface area contributed by atoms with Crippen molar-refractivity contribution in [1.29, 1.82) is 0 Å². The molecule has 23 heavy (non-hydrogen) atoms. The zero-order chi connectivity index (χ0) is 17.1. The quantitative estimate of drug-likeness (QED) is 0.587. The molecule has 2 aromatic carbocycles. The molecule has 0 N–H and O–H groups in total. The van der Waals surface area contributed by atoms with Gasteiger partial charge in [-0.25, -0.2) is 0 Å². The molecule has 0 spiro atoms. The van der Waals surface area contributed by atoms with Gasteiger partial charge in [0, 0.05) is 6.07 Å². The first-order valence-corrected chi connectivity index (χ1v) is 7.01. The van der Waals surface area contributed by atoms with Crippen molar-refractivity contribution < 1.29 is 14.6 Å². The molecule has 0 radical (unpaired) electrons. The molecule has 0 aliphatic heterocycles. The van der Waals surface area contributed by atoms with E-state index in [0.29, 0.717) is 5.75 Å². The molecule has 0 bridgehead atoms. The van der Waals surface area contributed by atoms with Crippen molar-refractivity contribution in [2.45, 2.75) is 26.7 Å². The Balaban J connectivity index is 2.50. The third-order valence-electron chi connectivity index (χ3n) is 3.36. The number of nitro groups is 2. The van der Waals surface area contributed by atoms with E-state index in [2.05, 4.69) is 0 Å². The Labute approximate surface area is 132 Å². The largest absolute Gasteiger partial charge is 0.450 e. The van der Waals surface area contributed by atoms with Crippen LogP contribution in [0.5, 0.6) is 11.5 Å².